The molecule has 0 aliphatic heterocycles. The maximum absolute atomic E-state index is 12.3. The van der Waals surface area contributed by atoms with Crippen LogP contribution in [0.4, 0.5) is 5.82 Å². The Bertz CT molecular complexity index is 710. The van der Waals surface area contributed by atoms with E-state index in [1.807, 2.05) is 39.0 Å². The van der Waals surface area contributed by atoms with Crippen LogP contribution in [0.25, 0.3) is 0 Å². The van der Waals surface area contributed by atoms with E-state index in [1.54, 1.807) is 6.20 Å². The zero-order valence-electron chi connectivity index (χ0n) is 15.5. The van der Waals surface area contributed by atoms with Gasteiger partial charge in [0.1, 0.15) is 0 Å². The van der Waals surface area contributed by atoms with Crippen molar-refractivity contribution in [2.75, 3.05) is 5.32 Å². The second kappa shape index (κ2) is 6.71. The van der Waals surface area contributed by atoms with E-state index in [1.165, 1.54) is 0 Å². The number of hydrogen-bond acceptors (Lipinski definition) is 3. The summed E-state index contributed by atoms with van der Waals surface area (Å²) in [4.78, 5) is 21.6. The highest BCUT2D eigenvalue weighted by atomic mass is 16.2. The smallest absolute Gasteiger partial charge is 0.230 e. The van der Waals surface area contributed by atoms with Gasteiger partial charge in [-0.05, 0) is 5.56 Å². The van der Waals surface area contributed by atoms with Crippen molar-refractivity contribution in [3.63, 3.8) is 0 Å². The largest absolute Gasteiger partial charge is 0.309 e. The molecular formula is C20H27N3O. The highest BCUT2D eigenvalue weighted by Crippen LogP contribution is 2.24. The third-order valence-electron chi connectivity index (χ3n) is 3.74. The van der Waals surface area contributed by atoms with Crippen molar-refractivity contribution in [3.8, 4) is 0 Å². The van der Waals surface area contributed by atoms with Crippen LogP contribution in [0.5, 0.6) is 0 Å². The van der Waals surface area contributed by atoms with E-state index in [-0.39, 0.29) is 11.3 Å². The fraction of sp³-hybridized carbons (Fsp3) is 0.450. The number of carbonyl (C=O) groups is 1. The zero-order chi connectivity index (χ0) is 18.0. The Kier molecular flexibility index (Phi) is 5.07. The molecule has 0 aliphatic rings. The average molecular weight is 325 g/mol. The number of aromatic nitrogens is 2. The molecule has 1 N–H and O–H groups in total. The lowest BCUT2D eigenvalue weighted by Gasteiger charge is -2.21. The van der Waals surface area contributed by atoms with Gasteiger partial charge in [0.15, 0.2) is 5.82 Å². The molecule has 1 heterocycles. The standard InChI is InChI=1S/C20H27N3O/c1-19(2,3)16-13-21-17(23-18(24)20(4,5)6)15(22-16)12-14-10-8-7-9-11-14/h7-11,13H,12H2,1-6H3,(H,21,23,24). The molecule has 4 heteroatoms. The van der Waals surface area contributed by atoms with Crippen molar-refractivity contribution >= 4 is 11.7 Å². The Morgan fingerprint density at radius 2 is 1.67 bits per heavy atom. The zero-order valence-corrected chi connectivity index (χ0v) is 15.5. The number of benzene rings is 1. The summed E-state index contributed by atoms with van der Waals surface area (Å²) in [6, 6.07) is 10.1. The summed E-state index contributed by atoms with van der Waals surface area (Å²) in [6.07, 6.45) is 2.39. The van der Waals surface area contributed by atoms with Crippen LogP contribution in [-0.2, 0) is 16.6 Å². The van der Waals surface area contributed by atoms with Gasteiger partial charge in [-0.1, -0.05) is 71.9 Å². The first kappa shape index (κ1) is 18.1. The second-order valence-electron chi connectivity index (χ2n) is 8.17. The number of hydrogen-bond donors (Lipinski definition) is 1. The highest BCUT2D eigenvalue weighted by molar-refractivity contribution is 5.94. The number of carbonyl (C=O) groups excluding carboxylic acids is 1. The summed E-state index contributed by atoms with van der Waals surface area (Å²) in [5, 5.41) is 2.94. The van der Waals surface area contributed by atoms with Crippen LogP contribution >= 0.6 is 0 Å². The van der Waals surface area contributed by atoms with Crippen molar-refractivity contribution < 1.29 is 4.79 Å². The SMILES string of the molecule is CC(C)(C)C(=O)Nc1ncc(C(C)(C)C)nc1Cc1ccccc1. The molecule has 0 bridgehead atoms. The van der Waals surface area contributed by atoms with Crippen LogP contribution in [0.15, 0.2) is 36.5 Å². The molecule has 1 aromatic heterocycles. The molecule has 1 amide bonds. The first-order valence-electron chi connectivity index (χ1n) is 8.29. The van der Waals surface area contributed by atoms with E-state index in [2.05, 4.69) is 43.2 Å². The van der Waals surface area contributed by atoms with Crippen LogP contribution in [-0.4, -0.2) is 15.9 Å². The molecule has 4 nitrogen and oxygen atoms in total. The Morgan fingerprint density at radius 1 is 1.04 bits per heavy atom. The summed E-state index contributed by atoms with van der Waals surface area (Å²) in [7, 11) is 0. The third-order valence-corrected chi connectivity index (χ3v) is 3.74. The Morgan fingerprint density at radius 3 is 2.21 bits per heavy atom. The minimum Gasteiger partial charge on any atom is -0.309 e. The number of amides is 1. The quantitative estimate of drug-likeness (QED) is 0.913. The van der Waals surface area contributed by atoms with Gasteiger partial charge in [-0.2, -0.15) is 0 Å². The van der Waals surface area contributed by atoms with Gasteiger partial charge in [-0.15, -0.1) is 0 Å². The molecule has 2 aromatic rings. The van der Waals surface area contributed by atoms with Crippen molar-refractivity contribution in [2.45, 2.75) is 53.4 Å². The predicted octanol–water partition coefficient (Wildman–Crippen LogP) is 4.35. The number of nitrogens with zero attached hydrogens (tertiary/aromatic N) is 2. The molecule has 0 aliphatic carbocycles. The van der Waals surface area contributed by atoms with Crippen LogP contribution in [0.1, 0.15) is 58.5 Å². The van der Waals surface area contributed by atoms with Gasteiger partial charge in [0, 0.05) is 17.3 Å². The molecule has 0 saturated heterocycles. The van der Waals surface area contributed by atoms with Crippen LogP contribution in [0, 0.1) is 5.41 Å². The molecular weight excluding hydrogens is 298 g/mol. The maximum Gasteiger partial charge on any atom is 0.230 e. The maximum atomic E-state index is 12.3. The van der Waals surface area contributed by atoms with Crippen molar-refractivity contribution in [1.82, 2.24) is 9.97 Å². The third kappa shape index (κ3) is 4.63. The number of nitrogens with one attached hydrogen (secondary N) is 1. The number of anilines is 1. The molecule has 0 atom stereocenters. The molecule has 0 saturated carbocycles. The molecule has 0 unspecified atom stereocenters. The molecule has 2 rings (SSSR count). The lowest BCUT2D eigenvalue weighted by atomic mass is 9.92. The minimum atomic E-state index is -0.478. The van der Waals surface area contributed by atoms with E-state index in [0.717, 1.165) is 17.0 Å². The van der Waals surface area contributed by atoms with Gasteiger partial charge in [0.25, 0.3) is 0 Å². The van der Waals surface area contributed by atoms with Crippen LogP contribution < -0.4 is 5.32 Å². The Labute approximate surface area is 144 Å². The summed E-state index contributed by atoms with van der Waals surface area (Å²) in [5.74, 6) is 0.487. The second-order valence-corrected chi connectivity index (χ2v) is 8.17. The summed E-state index contributed by atoms with van der Waals surface area (Å²) in [5.41, 5.74) is 2.29. The summed E-state index contributed by atoms with van der Waals surface area (Å²) >= 11 is 0. The fourth-order valence-corrected chi connectivity index (χ4v) is 2.10. The van der Waals surface area contributed by atoms with Gasteiger partial charge in [-0.25, -0.2) is 4.98 Å². The normalized spacial score (nSPS) is 12.1. The Balaban J connectivity index is 2.40. The first-order chi connectivity index (χ1) is 11.1. The van der Waals surface area contributed by atoms with E-state index in [4.69, 9.17) is 4.98 Å². The predicted molar refractivity (Wildman–Crippen MR) is 98.1 cm³/mol. The Hall–Kier alpha value is -2.23. The van der Waals surface area contributed by atoms with Crippen molar-refractivity contribution in [2.24, 2.45) is 5.41 Å². The number of rotatable bonds is 3. The van der Waals surface area contributed by atoms with E-state index in [9.17, 15) is 4.79 Å². The summed E-state index contributed by atoms with van der Waals surface area (Å²) < 4.78 is 0. The minimum absolute atomic E-state index is 0.0605. The van der Waals surface area contributed by atoms with Crippen molar-refractivity contribution in [3.05, 3.63) is 53.5 Å². The monoisotopic (exact) mass is 325 g/mol. The molecule has 0 spiro atoms. The summed E-state index contributed by atoms with van der Waals surface area (Å²) in [6.45, 7) is 12.0. The molecule has 1 aromatic carbocycles. The molecule has 0 fully saturated rings. The van der Waals surface area contributed by atoms with Crippen molar-refractivity contribution in [1.29, 1.82) is 0 Å². The molecule has 0 radical (unpaired) electrons. The van der Waals surface area contributed by atoms with Gasteiger partial charge in [0.2, 0.25) is 5.91 Å². The van der Waals surface area contributed by atoms with E-state index in [0.29, 0.717) is 12.2 Å². The molecule has 128 valence electrons. The van der Waals surface area contributed by atoms with Gasteiger partial charge < -0.3 is 5.32 Å². The lowest BCUT2D eigenvalue weighted by Crippen LogP contribution is -2.29. The van der Waals surface area contributed by atoms with E-state index >= 15 is 0 Å². The lowest BCUT2D eigenvalue weighted by molar-refractivity contribution is -0.123. The highest BCUT2D eigenvalue weighted by Gasteiger charge is 2.24. The van der Waals surface area contributed by atoms with Gasteiger partial charge >= 0.3 is 0 Å². The fourth-order valence-electron chi connectivity index (χ4n) is 2.10. The average Bonchev–Trinajstić information content (AvgIpc) is 2.48. The van der Waals surface area contributed by atoms with Crippen LogP contribution in [0.2, 0.25) is 0 Å². The first-order valence-corrected chi connectivity index (χ1v) is 8.29. The molecule has 24 heavy (non-hydrogen) atoms. The van der Waals surface area contributed by atoms with Gasteiger partial charge in [-0.3, -0.25) is 9.78 Å². The van der Waals surface area contributed by atoms with Crippen LogP contribution in [0.3, 0.4) is 0 Å². The van der Waals surface area contributed by atoms with E-state index < -0.39 is 5.41 Å². The topological polar surface area (TPSA) is 54.9 Å². The van der Waals surface area contributed by atoms with Gasteiger partial charge in [0.05, 0.1) is 17.6 Å².